The third-order valence-electron chi connectivity index (χ3n) is 4.93. The number of rotatable bonds is 12. The second-order valence-electron chi connectivity index (χ2n) is 7.29. The van der Waals surface area contributed by atoms with Gasteiger partial charge in [0.2, 0.25) is 5.91 Å². The third kappa shape index (κ3) is 7.16. The average molecular weight is 433 g/mol. The molecule has 0 spiro atoms. The summed E-state index contributed by atoms with van der Waals surface area (Å²) in [5, 5.41) is 0. The highest BCUT2D eigenvalue weighted by Gasteiger charge is 2.22. The summed E-state index contributed by atoms with van der Waals surface area (Å²) in [6.45, 7) is 4.63. The monoisotopic (exact) mass is 432 g/mol. The van der Waals surface area contributed by atoms with Crippen molar-refractivity contribution in [1.29, 1.82) is 0 Å². The number of amides is 2. The van der Waals surface area contributed by atoms with Crippen molar-refractivity contribution in [2.45, 2.75) is 13.0 Å². The van der Waals surface area contributed by atoms with Crippen molar-refractivity contribution in [1.82, 2.24) is 9.80 Å². The van der Waals surface area contributed by atoms with Gasteiger partial charge in [-0.1, -0.05) is 54.6 Å². The summed E-state index contributed by atoms with van der Waals surface area (Å²) in [5.74, 6) is 0.865. The number of ether oxygens (including phenoxy) is 1. The Bertz CT molecular complexity index is 972. The van der Waals surface area contributed by atoms with Crippen LogP contribution in [-0.2, 0) is 22.6 Å². The topological polar surface area (TPSA) is 63.0 Å². The van der Waals surface area contributed by atoms with Gasteiger partial charge in [-0.15, -0.1) is 6.58 Å². The summed E-state index contributed by atoms with van der Waals surface area (Å²) in [7, 11) is 0. The second kappa shape index (κ2) is 12.2. The SMILES string of the molecule is C=CCN(CC(=O)N(CCc1ccccc1)Cc1ccco1)C(=O)COc1ccccc1. The number of para-hydroxylation sites is 1. The van der Waals surface area contributed by atoms with Crippen LogP contribution >= 0.6 is 0 Å². The van der Waals surface area contributed by atoms with Gasteiger partial charge in [0.1, 0.15) is 18.1 Å². The molecule has 0 atom stereocenters. The summed E-state index contributed by atoms with van der Waals surface area (Å²) in [6, 6.07) is 22.7. The summed E-state index contributed by atoms with van der Waals surface area (Å²) >= 11 is 0. The first kappa shape index (κ1) is 22.9. The van der Waals surface area contributed by atoms with Gasteiger partial charge in [-0.3, -0.25) is 9.59 Å². The number of nitrogens with zero attached hydrogens (tertiary/aromatic N) is 2. The molecule has 0 unspecified atom stereocenters. The molecule has 0 aliphatic rings. The van der Waals surface area contributed by atoms with Crippen LogP contribution in [0.15, 0.2) is 96.1 Å². The molecule has 1 heterocycles. The van der Waals surface area contributed by atoms with Crippen LogP contribution in [0, 0.1) is 0 Å². The minimum Gasteiger partial charge on any atom is -0.484 e. The Morgan fingerprint density at radius 1 is 0.906 bits per heavy atom. The Kier molecular flexibility index (Phi) is 8.69. The molecule has 0 aliphatic carbocycles. The molecule has 6 heteroatoms. The predicted octanol–water partition coefficient (Wildman–Crippen LogP) is 3.94. The van der Waals surface area contributed by atoms with Crippen molar-refractivity contribution in [3.05, 3.63) is 103 Å². The van der Waals surface area contributed by atoms with Crippen molar-refractivity contribution in [3.8, 4) is 5.75 Å². The van der Waals surface area contributed by atoms with Crippen LogP contribution in [0.4, 0.5) is 0 Å². The lowest BCUT2D eigenvalue weighted by atomic mass is 10.1. The largest absolute Gasteiger partial charge is 0.484 e. The van der Waals surface area contributed by atoms with E-state index in [-0.39, 0.29) is 31.5 Å². The van der Waals surface area contributed by atoms with E-state index in [0.29, 0.717) is 31.0 Å². The van der Waals surface area contributed by atoms with Gasteiger partial charge in [-0.05, 0) is 36.2 Å². The number of furan rings is 1. The fraction of sp³-hybridized carbons (Fsp3) is 0.231. The minimum atomic E-state index is -0.275. The zero-order valence-electron chi connectivity index (χ0n) is 18.1. The molecule has 0 radical (unpaired) electrons. The van der Waals surface area contributed by atoms with Crippen molar-refractivity contribution in [3.63, 3.8) is 0 Å². The Morgan fingerprint density at radius 2 is 1.62 bits per heavy atom. The lowest BCUT2D eigenvalue weighted by Gasteiger charge is -2.26. The molecule has 0 fully saturated rings. The van der Waals surface area contributed by atoms with E-state index >= 15 is 0 Å². The Balaban J connectivity index is 1.63. The van der Waals surface area contributed by atoms with E-state index in [9.17, 15) is 9.59 Å². The Morgan fingerprint density at radius 3 is 2.28 bits per heavy atom. The fourth-order valence-corrected chi connectivity index (χ4v) is 3.22. The first-order valence-electron chi connectivity index (χ1n) is 10.6. The van der Waals surface area contributed by atoms with Gasteiger partial charge in [0, 0.05) is 13.1 Å². The normalized spacial score (nSPS) is 10.4. The van der Waals surface area contributed by atoms with Gasteiger partial charge in [-0.2, -0.15) is 0 Å². The van der Waals surface area contributed by atoms with Gasteiger partial charge in [0.05, 0.1) is 12.8 Å². The van der Waals surface area contributed by atoms with Crippen molar-refractivity contribution in [2.75, 3.05) is 26.2 Å². The molecule has 0 aliphatic heterocycles. The van der Waals surface area contributed by atoms with Crippen molar-refractivity contribution in [2.24, 2.45) is 0 Å². The molecule has 3 aromatic rings. The number of hydrogen-bond donors (Lipinski definition) is 0. The molecule has 32 heavy (non-hydrogen) atoms. The smallest absolute Gasteiger partial charge is 0.261 e. The lowest BCUT2D eigenvalue weighted by molar-refractivity contribution is -0.141. The highest BCUT2D eigenvalue weighted by Crippen LogP contribution is 2.11. The van der Waals surface area contributed by atoms with E-state index in [1.807, 2.05) is 54.6 Å². The minimum absolute atomic E-state index is 0.0570. The molecule has 3 rings (SSSR count). The molecule has 0 saturated heterocycles. The van der Waals surface area contributed by atoms with Crippen molar-refractivity contribution >= 4 is 11.8 Å². The highest BCUT2D eigenvalue weighted by atomic mass is 16.5. The first-order valence-corrected chi connectivity index (χ1v) is 10.6. The molecule has 1 aromatic heterocycles. The number of carbonyl (C=O) groups is 2. The molecule has 2 amide bonds. The fourth-order valence-electron chi connectivity index (χ4n) is 3.22. The lowest BCUT2D eigenvalue weighted by Crippen LogP contribution is -2.44. The van der Waals surface area contributed by atoms with Crippen LogP contribution in [0.2, 0.25) is 0 Å². The maximum absolute atomic E-state index is 13.2. The number of hydrogen-bond acceptors (Lipinski definition) is 4. The van der Waals surface area contributed by atoms with Gasteiger partial charge in [0.25, 0.3) is 5.91 Å². The molecule has 0 saturated carbocycles. The molecular weight excluding hydrogens is 404 g/mol. The number of carbonyl (C=O) groups excluding carboxylic acids is 2. The van der Waals surface area contributed by atoms with Crippen molar-refractivity contribution < 1.29 is 18.7 Å². The van der Waals surface area contributed by atoms with E-state index in [2.05, 4.69) is 6.58 Å². The molecule has 2 aromatic carbocycles. The Hall–Kier alpha value is -3.80. The van der Waals surface area contributed by atoms with Crippen LogP contribution in [0.1, 0.15) is 11.3 Å². The van der Waals surface area contributed by atoms with Crippen LogP contribution < -0.4 is 4.74 Å². The van der Waals surface area contributed by atoms with Crippen LogP contribution in [0.25, 0.3) is 0 Å². The quantitative estimate of drug-likeness (QED) is 0.407. The maximum Gasteiger partial charge on any atom is 0.261 e. The summed E-state index contributed by atoms with van der Waals surface area (Å²) in [5.41, 5.74) is 1.14. The zero-order valence-corrected chi connectivity index (χ0v) is 18.1. The van der Waals surface area contributed by atoms with E-state index < -0.39 is 0 Å². The average Bonchev–Trinajstić information content (AvgIpc) is 3.34. The molecule has 6 nitrogen and oxygen atoms in total. The molecule has 0 N–H and O–H groups in total. The van der Waals surface area contributed by atoms with Crippen LogP contribution in [0.3, 0.4) is 0 Å². The van der Waals surface area contributed by atoms with Gasteiger partial charge < -0.3 is 19.0 Å². The highest BCUT2D eigenvalue weighted by molar-refractivity contribution is 5.85. The summed E-state index contributed by atoms with van der Waals surface area (Å²) in [4.78, 5) is 29.1. The van der Waals surface area contributed by atoms with E-state index in [1.54, 1.807) is 35.4 Å². The van der Waals surface area contributed by atoms with Gasteiger partial charge in [0.15, 0.2) is 6.61 Å². The predicted molar refractivity (Wildman–Crippen MR) is 123 cm³/mol. The summed E-state index contributed by atoms with van der Waals surface area (Å²) in [6.07, 6.45) is 3.90. The van der Waals surface area contributed by atoms with Crippen LogP contribution in [0.5, 0.6) is 5.75 Å². The second-order valence-corrected chi connectivity index (χ2v) is 7.29. The first-order chi connectivity index (χ1) is 15.7. The Labute approximate surface area is 188 Å². The van der Waals surface area contributed by atoms with Crippen LogP contribution in [-0.4, -0.2) is 47.9 Å². The molecule has 0 bridgehead atoms. The van der Waals surface area contributed by atoms with E-state index in [1.165, 1.54) is 4.90 Å². The van der Waals surface area contributed by atoms with E-state index in [4.69, 9.17) is 9.15 Å². The van der Waals surface area contributed by atoms with Gasteiger partial charge >= 0.3 is 0 Å². The van der Waals surface area contributed by atoms with E-state index in [0.717, 1.165) is 5.56 Å². The van der Waals surface area contributed by atoms with Gasteiger partial charge in [-0.25, -0.2) is 0 Å². The zero-order chi connectivity index (χ0) is 22.6. The standard InChI is InChI=1S/C26H28N2O4/c1-2-16-27(26(30)21-32-23-12-7-4-8-13-23)20-25(29)28(19-24-14-9-18-31-24)17-15-22-10-5-3-6-11-22/h2-14,18H,1,15-17,19-21H2. The number of benzene rings is 2. The summed E-state index contributed by atoms with van der Waals surface area (Å²) < 4.78 is 11.0. The maximum atomic E-state index is 13.2. The molecular formula is C26H28N2O4. The third-order valence-corrected chi connectivity index (χ3v) is 4.93. The molecule has 166 valence electrons.